The third kappa shape index (κ3) is 2.03. The van der Waals surface area contributed by atoms with Gasteiger partial charge in [0, 0.05) is 11.0 Å². The van der Waals surface area contributed by atoms with Gasteiger partial charge in [0.2, 0.25) is 0 Å². The monoisotopic (exact) mass is 314 g/mol. The van der Waals surface area contributed by atoms with Crippen LogP contribution < -0.4 is 0 Å². The average Bonchev–Trinajstić information content (AvgIpc) is 2.81. The first kappa shape index (κ1) is 15.5. The molecule has 3 fully saturated rings. The smallest absolute Gasteiger partial charge is 0.331 e. The zero-order valence-corrected chi connectivity index (χ0v) is 14.8. The van der Waals surface area contributed by atoms with Gasteiger partial charge in [0.25, 0.3) is 0 Å². The molecule has 0 spiro atoms. The van der Waals surface area contributed by atoms with E-state index in [0.29, 0.717) is 23.3 Å². The van der Waals surface area contributed by atoms with Gasteiger partial charge in [-0.25, -0.2) is 4.79 Å². The molecule has 126 valence electrons. The number of hydrogen-bond donors (Lipinski definition) is 1. The number of rotatable bonds is 1. The molecule has 0 aliphatic heterocycles. The fourth-order valence-electron chi connectivity index (χ4n) is 6.85. The third-order valence-corrected chi connectivity index (χ3v) is 8.44. The van der Waals surface area contributed by atoms with Crippen LogP contribution >= 0.6 is 0 Å². The highest BCUT2D eigenvalue weighted by molar-refractivity contribution is 5.87. The summed E-state index contributed by atoms with van der Waals surface area (Å²) in [6.07, 6.45) is 12.9. The number of carbonyl (C=O) groups is 1. The Morgan fingerprint density at radius 2 is 1.96 bits per heavy atom. The molecule has 2 heteroatoms. The molecular weight excluding hydrogens is 284 g/mol. The lowest BCUT2D eigenvalue weighted by Crippen LogP contribution is -2.49. The second-order valence-corrected chi connectivity index (χ2v) is 9.13. The van der Waals surface area contributed by atoms with Gasteiger partial charge in [-0.1, -0.05) is 38.5 Å². The van der Waals surface area contributed by atoms with Crippen LogP contribution in [0.5, 0.6) is 0 Å². The summed E-state index contributed by atoms with van der Waals surface area (Å²) in [6.45, 7) is 7.33. The number of allylic oxidation sites excluding steroid dienone is 3. The predicted octanol–water partition coefficient (Wildman–Crippen LogP) is 5.21. The number of carboxylic acid groups (broad SMARTS) is 1. The maximum absolute atomic E-state index is 11.5. The summed E-state index contributed by atoms with van der Waals surface area (Å²) in [7, 11) is 0. The zero-order chi connectivity index (χ0) is 16.4. The normalized spacial score (nSPS) is 48.7. The summed E-state index contributed by atoms with van der Waals surface area (Å²) in [5, 5.41) is 9.47. The van der Waals surface area contributed by atoms with Crippen molar-refractivity contribution in [3.63, 3.8) is 0 Å². The van der Waals surface area contributed by atoms with Gasteiger partial charge in [-0.05, 0) is 74.0 Å². The molecule has 0 aromatic rings. The lowest BCUT2D eigenvalue weighted by molar-refractivity contribution is -0.132. The maximum atomic E-state index is 11.5. The number of carboxylic acids is 1. The van der Waals surface area contributed by atoms with Crippen molar-refractivity contribution in [1.29, 1.82) is 0 Å². The van der Waals surface area contributed by atoms with Crippen LogP contribution in [0.3, 0.4) is 0 Å². The van der Waals surface area contributed by atoms with Gasteiger partial charge in [0.1, 0.15) is 0 Å². The Hall–Kier alpha value is -1.05. The molecule has 3 saturated carbocycles. The standard InChI is InChI=1S/C21H30O2/c1-13-4-9-17-16-8-7-15-6-5-14(19(22)23)12-21(15,3)18(16)10-11-20(13,17)2/h6,12-13,16-18H,4-5,7-11H2,1-3H3,(H,22,23)/t13-,16+,17+,18+,20-,21+/m1/s1. The minimum absolute atomic E-state index is 0.00203. The van der Waals surface area contributed by atoms with Gasteiger partial charge in [0.05, 0.1) is 0 Å². The first-order valence-corrected chi connectivity index (χ1v) is 9.51. The van der Waals surface area contributed by atoms with Gasteiger partial charge in [-0.3, -0.25) is 0 Å². The Kier molecular flexibility index (Phi) is 3.35. The quantitative estimate of drug-likeness (QED) is 0.675. The Morgan fingerprint density at radius 3 is 2.70 bits per heavy atom. The van der Waals surface area contributed by atoms with Crippen LogP contribution in [0.2, 0.25) is 0 Å². The molecular formula is C21H30O2. The topological polar surface area (TPSA) is 37.3 Å². The molecule has 0 unspecified atom stereocenters. The molecule has 23 heavy (non-hydrogen) atoms. The van der Waals surface area contributed by atoms with Crippen molar-refractivity contribution in [3.05, 3.63) is 23.3 Å². The minimum Gasteiger partial charge on any atom is -0.478 e. The van der Waals surface area contributed by atoms with E-state index >= 15 is 0 Å². The van der Waals surface area contributed by atoms with Gasteiger partial charge in [0.15, 0.2) is 0 Å². The first-order valence-electron chi connectivity index (χ1n) is 9.51. The fraction of sp³-hybridized carbons (Fsp3) is 0.762. The van der Waals surface area contributed by atoms with Crippen molar-refractivity contribution in [2.24, 2.45) is 34.5 Å². The molecule has 0 heterocycles. The number of fused-ring (bicyclic) bond motifs is 5. The molecule has 0 saturated heterocycles. The summed E-state index contributed by atoms with van der Waals surface area (Å²) in [5.41, 5.74) is 2.68. The highest BCUT2D eigenvalue weighted by Crippen LogP contribution is 2.66. The summed E-state index contributed by atoms with van der Waals surface area (Å²) in [6, 6.07) is 0. The van der Waals surface area contributed by atoms with E-state index < -0.39 is 5.97 Å². The molecule has 4 aliphatic carbocycles. The van der Waals surface area contributed by atoms with Crippen LogP contribution in [-0.4, -0.2) is 11.1 Å². The second-order valence-electron chi connectivity index (χ2n) is 9.13. The van der Waals surface area contributed by atoms with Crippen LogP contribution in [0.25, 0.3) is 0 Å². The molecule has 0 aromatic heterocycles. The molecule has 0 aromatic carbocycles. The van der Waals surface area contributed by atoms with Crippen LogP contribution in [0.15, 0.2) is 23.3 Å². The SMILES string of the molecule is C[C@@H]1CC[C@H]2[C@@H]3CCC4=CCC(C(=O)O)=C[C@]4(C)[C@H]3CC[C@]12C. The predicted molar refractivity (Wildman–Crippen MR) is 92.0 cm³/mol. The Morgan fingerprint density at radius 1 is 1.17 bits per heavy atom. The molecule has 0 amide bonds. The second kappa shape index (κ2) is 4.97. The lowest BCUT2D eigenvalue weighted by Gasteiger charge is -2.57. The maximum Gasteiger partial charge on any atom is 0.331 e. The van der Waals surface area contributed by atoms with Crippen LogP contribution in [-0.2, 0) is 4.79 Å². The van der Waals surface area contributed by atoms with E-state index in [4.69, 9.17) is 0 Å². The summed E-state index contributed by atoms with van der Waals surface area (Å²) >= 11 is 0. The van der Waals surface area contributed by atoms with E-state index in [0.717, 1.165) is 17.8 Å². The first-order chi connectivity index (χ1) is 10.9. The molecule has 1 N–H and O–H groups in total. The zero-order valence-electron chi connectivity index (χ0n) is 14.8. The highest BCUT2D eigenvalue weighted by Gasteiger charge is 2.57. The Labute approximate surface area is 140 Å². The third-order valence-electron chi connectivity index (χ3n) is 8.44. The largest absolute Gasteiger partial charge is 0.478 e. The number of aliphatic carboxylic acids is 1. The molecule has 4 rings (SSSR count). The Balaban J connectivity index is 1.71. The van der Waals surface area contributed by atoms with Crippen molar-refractivity contribution >= 4 is 5.97 Å². The van der Waals surface area contributed by atoms with E-state index in [9.17, 15) is 9.90 Å². The Bertz CT molecular complexity index is 601. The van der Waals surface area contributed by atoms with E-state index in [-0.39, 0.29) is 5.41 Å². The van der Waals surface area contributed by atoms with Crippen LogP contribution in [0.4, 0.5) is 0 Å². The van der Waals surface area contributed by atoms with E-state index in [1.807, 2.05) is 0 Å². The average molecular weight is 314 g/mol. The number of hydrogen-bond acceptors (Lipinski definition) is 1. The molecule has 2 nitrogen and oxygen atoms in total. The van der Waals surface area contributed by atoms with Gasteiger partial charge < -0.3 is 5.11 Å². The summed E-state index contributed by atoms with van der Waals surface area (Å²) in [5.74, 6) is 2.44. The van der Waals surface area contributed by atoms with Crippen molar-refractivity contribution < 1.29 is 9.90 Å². The molecule has 4 aliphatic rings. The van der Waals surface area contributed by atoms with Crippen molar-refractivity contribution in [2.45, 2.75) is 65.7 Å². The molecule has 0 bridgehead atoms. The van der Waals surface area contributed by atoms with Gasteiger partial charge >= 0.3 is 5.97 Å². The van der Waals surface area contributed by atoms with Crippen molar-refractivity contribution in [3.8, 4) is 0 Å². The fourth-order valence-corrected chi connectivity index (χ4v) is 6.85. The highest BCUT2D eigenvalue weighted by atomic mass is 16.4. The van der Waals surface area contributed by atoms with Crippen molar-refractivity contribution in [1.82, 2.24) is 0 Å². The van der Waals surface area contributed by atoms with Crippen LogP contribution in [0.1, 0.15) is 65.7 Å². The van der Waals surface area contributed by atoms with E-state index in [1.54, 1.807) is 0 Å². The van der Waals surface area contributed by atoms with E-state index in [1.165, 1.54) is 44.1 Å². The van der Waals surface area contributed by atoms with Crippen LogP contribution in [0, 0.1) is 34.5 Å². The lowest BCUT2D eigenvalue weighted by atomic mass is 9.47. The summed E-state index contributed by atoms with van der Waals surface area (Å²) < 4.78 is 0. The van der Waals surface area contributed by atoms with Crippen molar-refractivity contribution in [2.75, 3.05) is 0 Å². The summed E-state index contributed by atoms with van der Waals surface area (Å²) in [4.78, 5) is 11.5. The molecule has 0 radical (unpaired) electrons. The van der Waals surface area contributed by atoms with E-state index in [2.05, 4.69) is 32.9 Å². The minimum atomic E-state index is -0.723. The van der Waals surface area contributed by atoms with Gasteiger partial charge in [-0.2, -0.15) is 0 Å². The van der Waals surface area contributed by atoms with Gasteiger partial charge in [-0.15, -0.1) is 0 Å². The molecule has 6 atom stereocenters.